The maximum absolute atomic E-state index is 11.0. The number of hydrogen-bond donors (Lipinski definition) is 1. The molecule has 110 valence electrons. The Morgan fingerprint density at radius 3 is 2.33 bits per heavy atom. The van der Waals surface area contributed by atoms with Crippen molar-refractivity contribution >= 4 is 62.1 Å². The van der Waals surface area contributed by atoms with E-state index in [0.717, 1.165) is 4.47 Å². The quantitative estimate of drug-likeness (QED) is 0.502. The molecule has 2 aromatic carbocycles. The summed E-state index contributed by atoms with van der Waals surface area (Å²) in [5.41, 5.74) is 0.939. The molecule has 0 fully saturated rings. The van der Waals surface area contributed by atoms with Crippen LogP contribution >= 0.6 is 50.7 Å². The normalized spacial score (nSPS) is 10.5. The minimum atomic E-state index is -0.460. The van der Waals surface area contributed by atoms with Crippen LogP contribution in [0.15, 0.2) is 34.8 Å². The second-order valence-electron chi connectivity index (χ2n) is 4.13. The number of nitro groups is 1. The molecule has 4 nitrogen and oxygen atoms in total. The zero-order valence-electron chi connectivity index (χ0n) is 10.4. The van der Waals surface area contributed by atoms with E-state index in [1.807, 2.05) is 0 Å². The Morgan fingerprint density at radius 1 is 1.14 bits per heavy atom. The first-order valence-electron chi connectivity index (χ1n) is 5.69. The van der Waals surface area contributed by atoms with Crippen molar-refractivity contribution in [1.29, 1.82) is 0 Å². The summed E-state index contributed by atoms with van der Waals surface area (Å²) in [5, 5.41) is 15.3. The van der Waals surface area contributed by atoms with Gasteiger partial charge in [-0.15, -0.1) is 0 Å². The summed E-state index contributed by atoms with van der Waals surface area (Å²) in [6.45, 7) is 0.179. The predicted molar refractivity (Wildman–Crippen MR) is 89.6 cm³/mol. The molecule has 0 atom stereocenters. The Morgan fingerprint density at radius 2 is 1.76 bits per heavy atom. The lowest BCUT2D eigenvalue weighted by Gasteiger charge is -2.11. The van der Waals surface area contributed by atoms with Crippen molar-refractivity contribution < 1.29 is 4.92 Å². The molecule has 0 saturated carbocycles. The SMILES string of the molecule is O=[N+]([O-])c1ccc(Cl)cc1CNc1c(Cl)cc(Br)cc1Cl. The van der Waals surface area contributed by atoms with E-state index in [0.29, 0.717) is 26.3 Å². The van der Waals surface area contributed by atoms with Crippen LogP contribution in [-0.4, -0.2) is 4.92 Å². The van der Waals surface area contributed by atoms with Gasteiger partial charge in [0.2, 0.25) is 0 Å². The van der Waals surface area contributed by atoms with Gasteiger partial charge in [0.1, 0.15) is 0 Å². The van der Waals surface area contributed by atoms with Crippen molar-refractivity contribution in [2.24, 2.45) is 0 Å². The van der Waals surface area contributed by atoms with Gasteiger partial charge in [-0.05, 0) is 24.3 Å². The maximum atomic E-state index is 11.0. The zero-order chi connectivity index (χ0) is 15.6. The van der Waals surface area contributed by atoms with E-state index in [9.17, 15) is 10.1 Å². The molecular formula is C13H8BrCl3N2O2. The van der Waals surface area contributed by atoms with Crippen LogP contribution in [0.5, 0.6) is 0 Å². The van der Waals surface area contributed by atoms with E-state index in [2.05, 4.69) is 21.2 Å². The third-order valence-corrected chi connectivity index (χ3v) is 3.99. The van der Waals surface area contributed by atoms with E-state index >= 15 is 0 Å². The summed E-state index contributed by atoms with van der Waals surface area (Å²) in [6.07, 6.45) is 0. The fourth-order valence-electron chi connectivity index (χ4n) is 1.77. The Balaban J connectivity index is 2.28. The lowest BCUT2D eigenvalue weighted by molar-refractivity contribution is -0.385. The highest BCUT2D eigenvalue weighted by Crippen LogP contribution is 2.34. The van der Waals surface area contributed by atoms with Crippen LogP contribution in [0, 0.1) is 10.1 Å². The number of nitrogens with one attached hydrogen (secondary N) is 1. The van der Waals surface area contributed by atoms with Crippen LogP contribution in [0.4, 0.5) is 11.4 Å². The summed E-state index contributed by atoms with van der Waals surface area (Å²) >= 11 is 21.4. The summed E-state index contributed by atoms with van der Waals surface area (Å²) in [4.78, 5) is 10.5. The van der Waals surface area contributed by atoms with Crippen LogP contribution in [0.25, 0.3) is 0 Å². The van der Waals surface area contributed by atoms with E-state index in [1.54, 1.807) is 12.1 Å². The van der Waals surface area contributed by atoms with Gasteiger partial charge in [0.15, 0.2) is 0 Å². The minimum absolute atomic E-state index is 0.0174. The fraction of sp³-hybridized carbons (Fsp3) is 0.0769. The molecule has 0 radical (unpaired) electrons. The van der Waals surface area contributed by atoms with Gasteiger partial charge in [0.25, 0.3) is 5.69 Å². The Hall–Kier alpha value is -1.01. The van der Waals surface area contributed by atoms with E-state index in [1.165, 1.54) is 18.2 Å². The van der Waals surface area contributed by atoms with Crippen LogP contribution in [0.1, 0.15) is 5.56 Å². The molecule has 0 saturated heterocycles. The Labute approximate surface area is 144 Å². The highest BCUT2D eigenvalue weighted by molar-refractivity contribution is 9.10. The molecule has 0 heterocycles. The average Bonchev–Trinajstić information content (AvgIpc) is 2.37. The smallest absolute Gasteiger partial charge is 0.274 e. The van der Waals surface area contributed by atoms with Crippen LogP contribution in [0.3, 0.4) is 0 Å². The standard InChI is InChI=1S/C13H8BrCl3N2O2/c14-8-4-10(16)13(11(17)5-8)18-6-7-3-9(15)1-2-12(7)19(20)21/h1-5,18H,6H2. The van der Waals surface area contributed by atoms with Gasteiger partial charge in [-0.3, -0.25) is 10.1 Å². The lowest BCUT2D eigenvalue weighted by atomic mass is 10.1. The number of nitrogens with zero attached hydrogens (tertiary/aromatic N) is 1. The molecule has 0 aromatic heterocycles. The minimum Gasteiger partial charge on any atom is -0.378 e. The van der Waals surface area contributed by atoms with Crippen LogP contribution in [0.2, 0.25) is 15.1 Å². The molecule has 0 amide bonds. The maximum Gasteiger partial charge on any atom is 0.274 e. The van der Waals surface area contributed by atoms with E-state index < -0.39 is 4.92 Å². The van der Waals surface area contributed by atoms with Crippen molar-refractivity contribution in [2.45, 2.75) is 6.54 Å². The molecule has 2 rings (SSSR count). The fourth-order valence-corrected chi connectivity index (χ4v) is 3.31. The van der Waals surface area contributed by atoms with Crippen molar-refractivity contribution in [3.05, 3.63) is 65.6 Å². The largest absolute Gasteiger partial charge is 0.378 e. The molecule has 8 heteroatoms. The van der Waals surface area contributed by atoms with Crippen molar-refractivity contribution in [3.8, 4) is 0 Å². The average molecular weight is 410 g/mol. The van der Waals surface area contributed by atoms with Crippen LogP contribution in [-0.2, 0) is 6.54 Å². The number of anilines is 1. The molecule has 21 heavy (non-hydrogen) atoms. The highest BCUT2D eigenvalue weighted by atomic mass is 79.9. The number of hydrogen-bond acceptors (Lipinski definition) is 3. The summed E-state index contributed by atoms with van der Waals surface area (Å²) in [7, 11) is 0. The molecule has 0 aliphatic heterocycles. The van der Waals surface area contributed by atoms with Crippen LogP contribution < -0.4 is 5.32 Å². The zero-order valence-corrected chi connectivity index (χ0v) is 14.2. The van der Waals surface area contributed by atoms with Gasteiger partial charge >= 0.3 is 0 Å². The predicted octanol–water partition coefficient (Wildman–Crippen LogP) is 5.93. The Bertz CT molecular complexity index is 687. The van der Waals surface area contributed by atoms with Gasteiger partial charge in [-0.1, -0.05) is 50.7 Å². The lowest BCUT2D eigenvalue weighted by Crippen LogP contribution is -2.04. The topological polar surface area (TPSA) is 55.2 Å². The second-order valence-corrected chi connectivity index (χ2v) is 6.29. The van der Waals surface area contributed by atoms with E-state index in [-0.39, 0.29) is 12.2 Å². The number of halogens is 4. The van der Waals surface area contributed by atoms with Gasteiger partial charge in [0, 0.05) is 22.1 Å². The summed E-state index contributed by atoms with van der Waals surface area (Å²) < 4.78 is 0.747. The molecule has 0 aliphatic carbocycles. The molecule has 0 aliphatic rings. The number of rotatable bonds is 4. The van der Waals surface area contributed by atoms with Crippen molar-refractivity contribution in [2.75, 3.05) is 5.32 Å². The summed E-state index contributed by atoms with van der Waals surface area (Å²) in [6, 6.07) is 7.74. The molecule has 0 spiro atoms. The number of nitro benzene ring substituents is 1. The molecule has 0 unspecified atom stereocenters. The summed E-state index contributed by atoms with van der Waals surface area (Å²) in [5.74, 6) is 0. The van der Waals surface area contributed by atoms with E-state index in [4.69, 9.17) is 34.8 Å². The third-order valence-electron chi connectivity index (χ3n) is 2.70. The molecule has 1 N–H and O–H groups in total. The third kappa shape index (κ3) is 4.01. The second kappa shape index (κ2) is 6.83. The molecule has 0 bridgehead atoms. The number of benzene rings is 2. The van der Waals surface area contributed by atoms with Gasteiger partial charge < -0.3 is 5.32 Å². The van der Waals surface area contributed by atoms with Crippen molar-refractivity contribution in [1.82, 2.24) is 0 Å². The first-order chi connectivity index (χ1) is 9.88. The van der Waals surface area contributed by atoms with Gasteiger partial charge in [0.05, 0.1) is 26.2 Å². The first kappa shape index (κ1) is 16.4. The van der Waals surface area contributed by atoms with Gasteiger partial charge in [-0.2, -0.15) is 0 Å². The first-order valence-corrected chi connectivity index (χ1v) is 7.62. The van der Waals surface area contributed by atoms with Gasteiger partial charge in [-0.25, -0.2) is 0 Å². The Kier molecular flexibility index (Phi) is 5.32. The molecular weight excluding hydrogens is 402 g/mol. The molecule has 2 aromatic rings. The monoisotopic (exact) mass is 408 g/mol. The highest BCUT2D eigenvalue weighted by Gasteiger charge is 2.15. The van der Waals surface area contributed by atoms with Crippen molar-refractivity contribution in [3.63, 3.8) is 0 Å².